The third-order valence-corrected chi connectivity index (χ3v) is 4.63. The van der Waals surface area contributed by atoms with Crippen LogP contribution >= 0.6 is 8.15 Å². The van der Waals surface area contributed by atoms with Crippen LogP contribution in [0.2, 0.25) is 0 Å². The van der Waals surface area contributed by atoms with E-state index in [2.05, 4.69) is 15.0 Å². The molecule has 3 rings (SSSR count). The SMILES string of the molecule is Nc1ncnc2c1ncn2[C@@H]1O[C@H](CO)[C@@H](O)[P@@]1O. The molecule has 4 atom stereocenters. The van der Waals surface area contributed by atoms with Crippen molar-refractivity contribution in [3.63, 3.8) is 0 Å². The quantitative estimate of drug-likeness (QED) is 0.513. The van der Waals surface area contributed by atoms with Gasteiger partial charge < -0.3 is 25.6 Å². The number of anilines is 1. The number of aliphatic hydroxyl groups is 2. The Morgan fingerprint density at radius 2 is 2.21 bits per heavy atom. The normalized spacial score (nSPS) is 31.1. The van der Waals surface area contributed by atoms with Gasteiger partial charge in [-0.25, -0.2) is 15.0 Å². The van der Waals surface area contributed by atoms with E-state index in [4.69, 9.17) is 15.6 Å². The summed E-state index contributed by atoms with van der Waals surface area (Å²) in [5.74, 6) is -1.70. The number of nitrogens with zero attached hydrogens (tertiary/aromatic N) is 4. The summed E-state index contributed by atoms with van der Waals surface area (Å²) in [6.07, 6.45) is 1.88. The molecule has 0 aromatic carbocycles. The molecular formula is C9H12N5O4P. The van der Waals surface area contributed by atoms with Gasteiger partial charge in [0.05, 0.1) is 12.9 Å². The van der Waals surface area contributed by atoms with Gasteiger partial charge in [-0.05, 0) is 0 Å². The van der Waals surface area contributed by atoms with E-state index in [9.17, 15) is 10.00 Å². The standard InChI is InChI=1S/C9H12N5O4P/c10-6-5-7(12-2-11-6)14(3-13-5)9-18-4(1-15)8(16)19(9)17/h2-4,8-9,15-17H,1H2,(H2,10,11,12)/t4-,8+,9-,19-/m1/s1. The van der Waals surface area contributed by atoms with Gasteiger partial charge in [0, 0.05) is 0 Å². The first kappa shape index (κ1) is 12.6. The topological polar surface area (TPSA) is 140 Å². The maximum absolute atomic E-state index is 10.0. The molecule has 0 bridgehead atoms. The molecule has 1 saturated heterocycles. The third kappa shape index (κ3) is 1.87. The molecule has 0 spiro atoms. The van der Waals surface area contributed by atoms with Gasteiger partial charge in [0.15, 0.2) is 17.4 Å². The Labute approximate surface area is 108 Å². The van der Waals surface area contributed by atoms with Gasteiger partial charge in [0.25, 0.3) is 0 Å². The summed E-state index contributed by atoms with van der Waals surface area (Å²) in [4.78, 5) is 21.9. The van der Waals surface area contributed by atoms with Crippen LogP contribution in [0.25, 0.3) is 11.2 Å². The molecule has 19 heavy (non-hydrogen) atoms. The molecule has 10 heteroatoms. The van der Waals surface area contributed by atoms with Gasteiger partial charge in [-0.2, -0.15) is 0 Å². The monoisotopic (exact) mass is 285 g/mol. The third-order valence-electron chi connectivity index (χ3n) is 2.93. The smallest absolute Gasteiger partial charge is 0.183 e. The second-order valence-corrected chi connectivity index (χ2v) is 5.79. The number of hydrogen-bond donors (Lipinski definition) is 4. The minimum absolute atomic E-state index is 0.225. The number of nitrogen functional groups attached to an aromatic ring is 1. The Hall–Kier alpha value is -1.38. The molecule has 1 fully saturated rings. The molecule has 9 nitrogen and oxygen atoms in total. The molecule has 5 N–H and O–H groups in total. The Bertz CT molecular complexity index is 607. The average molecular weight is 285 g/mol. The Morgan fingerprint density at radius 3 is 2.89 bits per heavy atom. The molecule has 0 aliphatic carbocycles. The van der Waals surface area contributed by atoms with Gasteiger partial charge in [0.2, 0.25) is 0 Å². The minimum Gasteiger partial charge on any atom is -0.394 e. The Morgan fingerprint density at radius 1 is 1.42 bits per heavy atom. The van der Waals surface area contributed by atoms with Crippen molar-refractivity contribution >= 4 is 25.1 Å². The zero-order chi connectivity index (χ0) is 13.6. The Balaban J connectivity index is 2.04. The van der Waals surface area contributed by atoms with E-state index in [1.165, 1.54) is 17.2 Å². The van der Waals surface area contributed by atoms with E-state index in [0.717, 1.165) is 0 Å². The van der Waals surface area contributed by atoms with Crippen molar-refractivity contribution in [2.45, 2.75) is 17.9 Å². The fraction of sp³-hybridized carbons (Fsp3) is 0.444. The number of aliphatic hydroxyl groups excluding tert-OH is 2. The molecule has 102 valence electrons. The van der Waals surface area contributed by atoms with Crippen molar-refractivity contribution in [3.05, 3.63) is 12.7 Å². The van der Waals surface area contributed by atoms with Gasteiger partial charge in [0.1, 0.15) is 31.9 Å². The first-order chi connectivity index (χ1) is 9.13. The summed E-state index contributed by atoms with van der Waals surface area (Å²) in [5, 5.41) is 18.8. The lowest BCUT2D eigenvalue weighted by Gasteiger charge is -2.15. The highest BCUT2D eigenvalue weighted by atomic mass is 31.1. The van der Waals surface area contributed by atoms with E-state index in [-0.39, 0.29) is 12.4 Å². The summed E-state index contributed by atoms with van der Waals surface area (Å²) < 4.78 is 6.91. The molecule has 1 aliphatic heterocycles. The van der Waals surface area contributed by atoms with Crippen LogP contribution in [0.5, 0.6) is 0 Å². The van der Waals surface area contributed by atoms with Crippen molar-refractivity contribution < 1.29 is 19.8 Å². The summed E-state index contributed by atoms with van der Waals surface area (Å²) in [6.45, 7) is -0.374. The highest BCUT2D eigenvalue weighted by molar-refractivity contribution is 7.52. The van der Waals surface area contributed by atoms with Crippen LogP contribution < -0.4 is 5.73 Å². The molecule has 0 radical (unpaired) electrons. The predicted molar refractivity (Wildman–Crippen MR) is 65.9 cm³/mol. The van der Waals surface area contributed by atoms with Crippen LogP contribution in [0.4, 0.5) is 5.82 Å². The van der Waals surface area contributed by atoms with Crippen LogP contribution in [-0.4, -0.2) is 53.2 Å². The number of aromatic nitrogens is 4. The van der Waals surface area contributed by atoms with Crippen molar-refractivity contribution in [3.8, 4) is 0 Å². The van der Waals surface area contributed by atoms with Crippen molar-refractivity contribution in [1.29, 1.82) is 0 Å². The summed E-state index contributed by atoms with van der Waals surface area (Å²) in [6, 6.07) is 0. The van der Waals surface area contributed by atoms with Crippen LogP contribution in [0.15, 0.2) is 12.7 Å². The van der Waals surface area contributed by atoms with Gasteiger partial charge in [-0.15, -0.1) is 0 Å². The second kappa shape index (κ2) is 4.62. The fourth-order valence-electron chi connectivity index (χ4n) is 1.95. The lowest BCUT2D eigenvalue weighted by Crippen LogP contribution is -2.23. The van der Waals surface area contributed by atoms with E-state index in [1.54, 1.807) is 0 Å². The van der Waals surface area contributed by atoms with Crippen LogP contribution in [-0.2, 0) is 4.74 Å². The van der Waals surface area contributed by atoms with Gasteiger partial charge >= 0.3 is 0 Å². The van der Waals surface area contributed by atoms with Gasteiger partial charge in [-0.3, -0.25) is 4.57 Å². The predicted octanol–water partition coefficient (Wildman–Crippen LogP) is -1.04. The minimum atomic E-state index is -1.87. The van der Waals surface area contributed by atoms with E-state index >= 15 is 0 Å². The molecule has 2 aromatic rings. The van der Waals surface area contributed by atoms with Crippen molar-refractivity contribution in [1.82, 2.24) is 19.5 Å². The van der Waals surface area contributed by atoms with E-state index in [1.807, 2.05) is 0 Å². The molecule has 1 aliphatic rings. The van der Waals surface area contributed by atoms with Crippen molar-refractivity contribution in [2.75, 3.05) is 12.3 Å². The molecule has 2 aromatic heterocycles. The average Bonchev–Trinajstić information content (AvgIpc) is 2.94. The number of rotatable bonds is 2. The number of nitrogens with two attached hydrogens (primary N) is 1. The summed E-state index contributed by atoms with van der Waals surface area (Å²) in [5.41, 5.74) is 6.48. The zero-order valence-electron chi connectivity index (χ0n) is 9.66. The Kier molecular flexibility index (Phi) is 3.08. The number of fused-ring (bicyclic) bond motifs is 1. The van der Waals surface area contributed by atoms with Crippen molar-refractivity contribution in [2.24, 2.45) is 0 Å². The molecular weight excluding hydrogens is 273 g/mol. The van der Waals surface area contributed by atoms with Gasteiger partial charge in [-0.1, -0.05) is 0 Å². The molecule has 3 heterocycles. The van der Waals surface area contributed by atoms with E-state index < -0.39 is 26.1 Å². The lowest BCUT2D eigenvalue weighted by atomic mass is 10.4. The van der Waals surface area contributed by atoms with Crippen LogP contribution in [0.3, 0.4) is 0 Å². The highest BCUT2D eigenvalue weighted by Gasteiger charge is 2.44. The number of hydrogen-bond acceptors (Lipinski definition) is 8. The number of imidazole rings is 1. The first-order valence-electron chi connectivity index (χ1n) is 5.48. The molecule has 0 saturated carbocycles. The maximum Gasteiger partial charge on any atom is 0.183 e. The summed E-state index contributed by atoms with van der Waals surface area (Å²) >= 11 is 0. The fourth-order valence-corrected chi connectivity index (χ4v) is 3.42. The zero-order valence-corrected chi connectivity index (χ0v) is 10.6. The second-order valence-electron chi connectivity index (χ2n) is 4.06. The lowest BCUT2D eigenvalue weighted by molar-refractivity contribution is -0.0415. The summed E-state index contributed by atoms with van der Waals surface area (Å²) in [7, 11) is -1.87. The maximum atomic E-state index is 10.0. The van der Waals surface area contributed by atoms with Crippen LogP contribution in [0.1, 0.15) is 5.97 Å². The molecule has 0 unspecified atom stereocenters. The first-order valence-corrected chi connectivity index (χ1v) is 6.91. The highest BCUT2D eigenvalue weighted by Crippen LogP contribution is 2.56. The molecule has 0 amide bonds. The van der Waals surface area contributed by atoms with Crippen LogP contribution in [0, 0.1) is 0 Å². The largest absolute Gasteiger partial charge is 0.394 e. The van der Waals surface area contributed by atoms with E-state index in [0.29, 0.717) is 11.2 Å². The number of ether oxygens (including phenoxy) is 1.